The van der Waals surface area contributed by atoms with Crippen LogP contribution in [0.4, 0.5) is 10.1 Å². The van der Waals surface area contributed by atoms with Crippen LogP contribution >= 0.6 is 0 Å². The molecule has 2 amide bonds. The van der Waals surface area contributed by atoms with E-state index in [1.165, 1.54) is 43.5 Å². The van der Waals surface area contributed by atoms with Crippen LogP contribution in [0.3, 0.4) is 0 Å². The fourth-order valence-electron chi connectivity index (χ4n) is 4.63. The molecule has 4 unspecified atom stereocenters. The highest BCUT2D eigenvalue weighted by Gasteiger charge is 2.43. The number of carbonyl (C=O) groups is 2. The minimum atomic E-state index is -0.373. The number of carbonyl (C=O) groups excluding carboxylic acids is 2. The molecule has 146 valence electrons. The van der Waals surface area contributed by atoms with E-state index in [0.717, 1.165) is 17.9 Å². The molecule has 2 aromatic carbocycles. The molecule has 2 aromatic rings. The quantitative estimate of drug-likeness (QED) is 0.790. The predicted octanol–water partition coefficient (Wildman–Crippen LogP) is 4.69. The Bertz CT molecular complexity index is 863. The molecule has 0 heterocycles. The summed E-state index contributed by atoms with van der Waals surface area (Å²) in [5.41, 5.74) is 2.05. The predicted molar refractivity (Wildman–Crippen MR) is 106 cm³/mol. The normalized spacial score (nSPS) is 24.0. The lowest BCUT2D eigenvalue weighted by Crippen LogP contribution is -2.35. The molecule has 4 nitrogen and oxygen atoms in total. The molecular weight excluding hydrogens is 355 g/mol. The molecule has 2 bridgehead atoms. The molecule has 5 heteroatoms. The lowest BCUT2D eigenvalue weighted by molar-refractivity contribution is -0.127. The number of benzene rings is 2. The minimum absolute atomic E-state index is 0.0755. The number of hydrogen-bond donors (Lipinski definition) is 2. The Hall–Kier alpha value is -2.69. The van der Waals surface area contributed by atoms with Crippen molar-refractivity contribution in [3.8, 4) is 0 Å². The molecule has 2 aliphatic rings. The summed E-state index contributed by atoms with van der Waals surface area (Å²) in [6.07, 6.45) is 4.74. The van der Waals surface area contributed by atoms with E-state index in [1.807, 2.05) is 31.2 Å². The highest BCUT2D eigenvalue weighted by molar-refractivity contribution is 6.04. The Morgan fingerprint density at radius 3 is 2.32 bits per heavy atom. The fourth-order valence-corrected chi connectivity index (χ4v) is 4.63. The van der Waals surface area contributed by atoms with Crippen molar-refractivity contribution >= 4 is 17.5 Å². The Morgan fingerprint density at radius 2 is 1.71 bits per heavy atom. The van der Waals surface area contributed by atoms with Crippen LogP contribution in [0, 0.1) is 23.6 Å². The number of amides is 2. The first-order chi connectivity index (χ1) is 13.5. The van der Waals surface area contributed by atoms with Crippen LogP contribution in [-0.4, -0.2) is 11.8 Å². The molecule has 0 radical (unpaired) electrons. The summed E-state index contributed by atoms with van der Waals surface area (Å²) in [5.74, 6) is 1.01. The molecule has 0 spiro atoms. The van der Waals surface area contributed by atoms with Gasteiger partial charge >= 0.3 is 0 Å². The van der Waals surface area contributed by atoms with Crippen LogP contribution in [0.25, 0.3) is 0 Å². The van der Waals surface area contributed by atoms with Crippen molar-refractivity contribution in [3.05, 3.63) is 65.5 Å². The number of anilines is 1. The molecule has 0 aliphatic heterocycles. The second-order valence-corrected chi connectivity index (χ2v) is 8.09. The third-order valence-electron chi connectivity index (χ3n) is 6.21. The minimum Gasteiger partial charge on any atom is -0.349 e. The van der Waals surface area contributed by atoms with Crippen molar-refractivity contribution in [2.45, 2.75) is 38.6 Å². The molecule has 2 fully saturated rings. The van der Waals surface area contributed by atoms with Gasteiger partial charge in [-0.2, -0.15) is 0 Å². The van der Waals surface area contributed by atoms with Crippen molar-refractivity contribution in [3.63, 3.8) is 0 Å². The summed E-state index contributed by atoms with van der Waals surface area (Å²) < 4.78 is 13.0. The van der Waals surface area contributed by atoms with Gasteiger partial charge in [0.25, 0.3) is 5.91 Å². The molecule has 28 heavy (non-hydrogen) atoms. The van der Waals surface area contributed by atoms with Crippen LogP contribution in [0.5, 0.6) is 0 Å². The van der Waals surface area contributed by atoms with Crippen molar-refractivity contribution in [2.24, 2.45) is 17.8 Å². The highest BCUT2D eigenvalue weighted by atomic mass is 19.1. The molecule has 0 saturated heterocycles. The summed E-state index contributed by atoms with van der Waals surface area (Å²) in [7, 11) is 0. The first kappa shape index (κ1) is 18.7. The SMILES string of the molecule is CC(NC(=O)C1CC2CCC1C2)c1ccc(NC(=O)c2ccc(F)cc2)cc1. The molecule has 2 N–H and O–H groups in total. The van der Waals surface area contributed by atoms with Crippen LogP contribution in [0.15, 0.2) is 48.5 Å². The fraction of sp³-hybridized carbons (Fsp3) is 0.391. The Kier molecular flexibility index (Phi) is 5.16. The van der Waals surface area contributed by atoms with Gasteiger partial charge in [0, 0.05) is 17.2 Å². The maximum atomic E-state index is 13.0. The van der Waals surface area contributed by atoms with Gasteiger partial charge in [0.05, 0.1) is 6.04 Å². The molecule has 2 saturated carbocycles. The van der Waals surface area contributed by atoms with Gasteiger partial charge in [-0.05, 0) is 80.0 Å². The maximum absolute atomic E-state index is 13.0. The highest BCUT2D eigenvalue weighted by Crippen LogP contribution is 2.48. The Morgan fingerprint density at radius 1 is 1.00 bits per heavy atom. The van der Waals surface area contributed by atoms with Gasteiger partial charge in [-0.3, -0.25) is 9.59 Å². The van der Waals surface area contributed by atoms with Gasteiger partial charge in [-0.15, -0.1) is 0 Å². The van der Waals surface area contributed by atoms with E-state index in [9.17, 15) is 14.0 Å². The summed E-state index contributed by atoms with van der Waals surface area (Å²) in [5, 5.41) is 5.95. The summed E-state index contributed by atoms with van der Waals surface area (Å²) in [4.78, 5) is 24.8. The van der Waals surface area contributed by atoms with E-state index in [-0.39, 0.29) is 29.6 Å². The second kappa shape index (κ2) is 7.74. The average molecular weight is 380 g/mol. The lowest BCUT2D eigenvalue weighted by Gasteiger charge is -2.23. The van der Waals surface area contributed by atoms with Gasteiger partial charge in [0.1, 0.15) is 5.82 Å². The first-order valence-electron chi connectivity index (χ1n) is 9.97. The molecule has 2 aliphatic carbocycles. The third kappa shape index (κ3) is 3.93. The molecule has 4 atom stereocenters. The zero-order chi connectivity index (χ0) is 19.7. The number of nitrogens with one attached hydrogen (secondary N) is 2. The largest absolute Gasteiger partial charge is 0.349 e. The van der Waals surface area contributed by atoms with Crippen molar-refractivity contribution in [1.29, 1.82) is 0 Å². The van der Waals surface area contributed by atoms with E-state index in [4.69, 9.17) is 0 Å². The van der Waals surface area contributed by atoms with Crippen LogP contribution in [0.1, 0.15) is 54.6 Å². The molecular formula is C23H25FN2O2. The van der Waals surface area contributed by atoms with Crippen molar-refractivity contribution < 1.29 is 14.0 Å². The third-order valence-corrected chi connectivity index (χ3v) is 6.21. The average Bonchev–Trinajstić information content (AvgIpc) is 3.32. The number of fused-ring (bicyclic) bond motifs is 2. The summed E-state index contributed by atoms with van der Waals surface area (Å²) in [6.45, 7) is 1.98. The standard InChI is InChI=1S/C23H25FN2O2/c1-14(25-23(28)21-13-15-2-3-18(21)12-15)16-6-10-20(11-7-16)26-22(27)17-4-8-19(24)9-5-17/h4-11,14-15,18,21H,2-3,12-13H2,1H3,(H,25,28)(H,26,27). The molecule has 4 rings (SSSR count). The summed E-state index contributed by atoms with van der Waals surface area (Å²) >= 11 is 0. The smallest absolute Gasteiger partial charge is 0.255 e. The zero-order valence-electron chi connectivity index (χ0n) is 16.0. The van der Waals surface area contributed by atoms with E-state index in [0.29, 0.717) is 17.2 Å². The van der Waals surface area contributed by atoms with E-state index in [1.54, 1.807) is 0 Å². The zero-order valence-corrected chi connectivity index (χ0v) is 16.0. The van der Waals surface area contributed by atoms with Gasteiger partial charge in [0.15, 0.2) is 0 Å². The van der Waals surface area contributed by atoms with Crippen LogP contribution in [0.2, 0.25) is 0 Å². The lowest BCUT2D eigenvalue weighted by atomic mass is 9.88. The van der Waals surface area contributed by atoms with E-state index < -0.39 is 0 Å². The van der Waals surface area contributed by atoms with Gasteiger partial charge in [0.2, 0.25) is 5.91 Å². The topological polar surface area (TPSA) is 58.2 Å². The number of rotatable bonds is 5. The van der Waals surface area contributed by atoms with Crippen molar-refractivity contribution in [1.82, 2.24) is 5.32 Å². The Labute approximate surface area is 164 Å². The van der Waals surface area contributed by atoms with Crippen LogP contribution < -0.4 is 10.6 Å². The summed E-state index contributed by atoms with van der Waals surface area (Å²) in [6, 6.07) is 12.8. The van der Waals surface area contributed by atoms with Crippen LogP contribution in [-0.2, 0) is 4.79 Å². The van der Waals surface area contributed by atoms with E-state index >= 15 is 0 Å². The van der Waals surface area contributed by atoms with Gasteiger partial charge in [-0.25, -0.2) is 4.39 Å². The molecule has 0 aromatic heterocycles. The second-order valence-electron chi connectivity index (χ2n) is 8.09. The number of halogens is 1. The van der Waals surface area contributed by atoms with E-state index in [2.05, 4.69) is 10.6 Å². The Balaban J connectivity index is 1.34. The maximum Gasteiger partial charge on any atom is 0.255 e. The van der Waals surface area contributed by atoms with Gasteiger partial charge < -0.3 is 10.6 Å². The van der Waals surface area contributed by atoms with Gasteiger partial charge in [-0.1, -0.05) is 18.6 Å². The van der Waals surface area contributed by atoms with Crippen molar-refractivity contribution in [2.75, 3.05) is 5.32 Å². The first-order valence-corrected chi connectivity index (χ1v) is 9.97. The number of hydrogen-bond acceptors (Lipinski definition) is 2. The monoisotopic (exact) mass is 380 g/mol.